The molecule has 0 aromatic heterocycles. The maximum Gasteiger partial charge on any atom is 0.0417 e. The van der Waals surface area contributed by atoms with E-state index < -0.39 is 0 Å². The minimum absolute atomic E-state index is 1.00. The number of nitrogens with one attached hydrogen (secondary N) is 1. The molecule has 1 N–H and O–H groups in total. The number of anilines is 1. The Hall–Kier alpha value is -3.06. The highest BCUT2D eigenvalue weighted by Gasteiger charge is 2.10. The predicted molar refractivity (Wildman–Crippen MR) is 110 cm³/mol. The maximum absolute atomic E-state index is 4.30. The van der Waals surface area contributed by atoms with Gasteiger partial charge in [0, 0.05) is 18.3 Å². The number of aryl methyl sites for hydroxylation is 1. The van der Waals surface area contributed by atoms with Crippen LogP contribution in [-0.4, -0.2) is 7.05 Å². The van der Waals surface area contributed by atoms with Gasteiger partial charge >= 0.3 is 0 Å². The Morgan fingerprint density at radius 2 is 1.44 bits per heavy atom. The third kappa shape index (κ3) is 3.89. The predicted octanol–water partition coefficient (Wildman–Crippen LogP) is 6.18. The third-order valence-corrected chi connectivity index (χ3v) is 4.31. The third-order valence-electron chi connectivity index (χ3n) is 4.31. The smallest absolute Gasteiger partial charge is 0.0417 e. The lowest BCUT2D eigenvalue weighted by molar-refractivity contribution is 1.45. The van der Waals surface area contributed by atoms with Crippen molar-refractivity contribution in [1.29, 1.82) is 0 Å². The summed E-state index contributed by atoms with van der Waals surface area (Å²) < 4.78 is 0. The quantitative estimate of drug-likeness (QED) is 0.552. The van der Waals surface area contributed by atoms with Crippen molar-refractivity contribution < 1.29 is 0 Å². The molecule has 1 heteroatoms. The number of allylic oxidation sites excluding steroid dienone is 2. The SMILES string of the molecule is C=C(/C=C(/c1ccccc1)c1ccccc1NC)c1ccc(C)cc1. The topological polar surface area (TPSA) is 12.0 Å². The maximum atomic E-state index is 4.30. The Morgan fingerprint density at radius 1 is 0.800 bits per heavy atom. The molecule has 3 aromatic rings. The molecule has 0 saturated heterocycles. The standard InChI is InChI=1S/C24H23N/c1-18-13-15-20(16-14-18)19(2)17-23(21-9-5-4-6-10-21)22-11-7-8-12-24(22)25-3/h4-17,25H,2H2,1,3H3/b23-17-. The molecule has 0 heterocycles. The highest BCUT2D eigenvalue weighted by molar-refractivity contribution is 5.93. The largest absolute Gasteiger partial charge is 0.388 e. The molecule has 0 aliphatic rings. The summed E-state index contributed by atoms with van der Waals surface area (Å²) in [5.41, 5.74) is 8.02. The van der Waals surface area contributed by atoms with Gasteiger partial charge in [-0.1, -0.05) is 84.9 Å². The second-order valence-electron chi connectivity index (χ2n) is 6.11. The van der Waals surface area contributed by atoms with Crippen LogP contribution in [0.15, 0.2) is 91.5 Å². The Bertz CT molecular complexity index is 887. The summed E-state index contributed by atoms with van der Waals surface area (Å²) in [6.45, 7) is 6.40. The number of benzene rings is 3. The Morgan fingerprint density at radius 3 is 2.12 bits per heavy atom. The molecule has 0 aliphatic carbocycles. The molecule has 0 bridgehead atoms. The van der Waals surface area contributed by atoms with Gasteiger partial charge in [0.15, 0.2) is 0 Å². The molecule has 3 rings (SSSR count). The van der Waals surface area contributed by atoms with E-state index in [1.54, 1.807) is 0 Å². The van der Waals surface area contributed by atoms with Crippen LogP contribution in [0.25, 0.3) is 11.1 Å². The van der Waals surface area contributed by atoms with Gasteiger partial charge in [0.25, 0.3) is 0 Å². The average Bonchev–Trinajstić information content (AvgIpc) is 2.67. The molecule has 1 nitrogen and oxygen atoms in total. The van der Waals surface area contributed by atoms with Gasteiger partial charge in [-0.2, -0.15) is 0 Å². The van der Waals surface area contributed by atoms with Crippen LogP contribution in [0.4, 0.5) is 5.69 Å². The summed E-state index contributed by atoms with van der Waals surface area (Å²) in [7, 11) is 1.95. The second-order valence-corrected chi connectivity index (χ2v) is 6.11. The first-order chi connectivity index (χ1) is 12.2. The highest BCUT2D eigenvalue weighted by Crippen LogP contribution is 2.32. The van der Waals surface area contributed by atoms with Gasteiger partial charge in [0.2, 0.25) is 0 Å². The van der Waals surface area contributed by atoms with E-state index in [9.17, 15) is 0 Å². The van der Waals surface area contributed by atoms with Gasteiger partial charge in [-0.3, -0.25) is 0 Å². The summed E-state index contributed by atoms with van der Waals surface area (Å²) in [6.07, 6.45) is 2.18. The van der Waals surface area contributed by atoms with Gasteiger partial charge in [0.1, 0.15) is 0 Å². The van der Waals surface area contributed by atoms with Crippen LogP contribution in [-0.2, 0) is 0 Å². The van der Waals surface area contributed by atoms with Crippen molar-refractivity contribution in [2.45, 2.75) is 6.92 Å². The van der Waals surface area contributed by atoms with Crippen LogP contribution in [0.5, 0.6) is 0 Å². The van der Waals surface area contributed by atoms with Crippen molar-refractivity contribution in [3.8, 4) is 0 Å². The van der Waals surface area contributed by atoms with Crippen LogP contribution in [0.1, 0.15) is 22.3 Å². The van der Waals surface area contributed by atoms with Crippen LogP contribution in [0.3, 0.4) is 0 Å². The van der Waals surface area contributed by atoms with Crippen molar-refractivity contribution in [1.82, 2.24) is 0 Å². The summed E-state index contributed by atoms with van der Waals surface area (Å²) in [5.74, 6) is 0. The molecular formula is C24H23N. The monoisotopic (exact) mass is 325 g/mol. The van der Waals surface area contributed by atoms with E-state index in [1.807, 2.05) is 19.2 Å². The van der Waals surface area contributed by atoms with Crippen LogP contribution >= 0.6 is 0 Å². The van der Waals surface area contributed by atoms with E-state index in [0.29, 0.717) is 0 Å². The molecule has 0 spiro atoms. The van der Waals surface area contributed by atoms with Gasteiger partial charge in [0.05, 0.1) is 0 Å². The molecule has 0 saturated carbocycles. The van der Waals surface area contributed by atoms with E-state index in [-0.39, 0.29) is 0 Å². The normalized spacial score (nSPS) is 11.2. The number of hydrogen-bond donors (Lipinski definition) is 1. The summed E-state index contributed by atoms with van der Waals surface area (Å²) in [6, 6.07) is 27.3. The van der Waals surface area contributed by atoms with Crippen LogP contribution < -0.4 is 5.32 Å². The molecule has 25 heavy (non-hydrogen) atoms. The van der Waals surface area contributed by atoms with Crippen molar-refractivity contribution in [2.24, 2.45) is 0 Å². The minimum Gasteiger partial charge on any atom is -0.388 e. The Labute approximate surface area is 150 Å². The Kier molecular flexibility index (Phi) is 5.15. The van der Waals surface area contributed by atoms with Crippen molar-refractivity contribution >= 4 is 16.8 Å². The second kappa shape index (κ2) is 7.67. The summed E-state index contributed by atoms with van der Waals surface area (Å²) >= 11 is 0. The molecular weight excluding hydrogens is 302 g/mol. The van der Waals surface area contributed by atoms with Crippen LogP contribution in [0, 0.1) is 6.92 Å². The van der Waals surface area contributed by atoms with Crippen LogP contribution in [0.2, 0.25) is 0 Å². The zero-order chi connectivity index (χ0) is 17.6. The van der Waals surface area contributed by atoms with E-state index in [4.69, 9.17) is 0 Å². The van der Waals surface area contributed by atoms with Crippen molar-refractivity contribution in [2.75, 3.05) is 12.4 Å². The minimum atomic E-state index is 1.00. The van der Waals surface area contributed by atoms with Gasteiger partial charge in [-0.15, -0.1) is 0 Å². The molecule has 0 fully saturated rings. The zero-order valence-electron chi connectivity index (χ0n) is 14.8. The first-order valence-electron chi connectivity index (χ1n) is 8.49. The summed E-state index contributed by atoms with van der Waals surface area (Å²) in [4.78, 5) is 0. The van der Waals surface area contributed by atoms with E-state index >= 15 is 0 Å². The lowest BCUT2D eigenvalue weighted by atomic mass is 9.93. The van der Waals surface area contributed by atoms with Gasteiger partial charge in [-0.05, 0) is 41.3 Å². The molecule has 0 atom stereocenters. The first kappa shape index (κ1) is 16.8. The fourth-order valence-electron chi connectivity index (χ4n) is 2.90. The highest BCUT2D eigenvalue weighted by atomic mass is 14.8. The average molecular weight is 325 g/mol. The molecule has 124 valence electrons. The molecule has 3 aromatic carbocycles. The zero-order valence-corrected chi connectivity index (χ0v) is 14.8. The van der Waals surface area contributed by atoms with Gasteiger partial charge in [-0.25, -0.2) is 0 Å². The summed E-state index contributed by atoms with van der Waals surface area (Å²) in [5, 5.41) is 3.30. The molecule has 0 radical (unpaired) electrons. The molecule has 0 amide bonds. The Balaban J connectivity index is 2.11. The number of rotatable bonds is 5. The molecule has 0 aliphatic heterocycles. The first-order valence-corrected chi connectivity index (χ1v) is 8.49. The number of hydrogen-bond acceptors (Lipinski definition) is 1. The van der Waals surface area contributed by atoms with E-state index in [1.165, 1.54) is 16.7 Å². The number of para-hydroxylation sites is 1. The van der Waals surface area contributed by atoms with E-state index in [0.717, 1.165) is 22.4 Å². The lowest BCUT2D eigenvalue weighted by Gasteiger charge is -2.14. The van der Waals surface area contributed by atoms with E-state index in [2.05, 4.69) is 91.6 Å². The lowest BCUT2D eigenvalue weighted by Crippen LogP contribution is -1.96. The van der Waals surface area contributed by atoms with Crippen molar-refractivity contribution in [3.63, 3.8) is 0 Å². The fraction of sp³-hybridized carbons (Fsp3) is 0.0833. The molecule has 0 unspecified atom stereocenters. The van der Waals surface area contributed by atoms with Crippen molar-refractivity contribution in [3.05, 3.63) is 114 Å². The fourth-order valence-corrected chi connectivity index (χ4v) is 2.90. The van der Waals surface area contributed by atoms with Gasteiger partial charge < -0.3 is 5.32 Å².